The van der Waals surface area contributed by atoms with Crippen molar-refractivity contribution in [2.24, 2.45) is 5.73 Å². The number of nitrogens with two attached hydrogens (primary N) is 1. The van der Waals surface area contributed by atoms with Gasteiger partial charge in [0, 0.05) is 25.3 Å². The van der Waals surface area contributed by atoms with Gasteiger partial charge in [-0.05, 0) is 44.0 Å². The van der Waals surface area contributed by atoms with Crippen molar-refractivity contribution in [3.63, 3.8) is 0 Å². The molecule has 0 aliphatic carbocycles. The van der Waals surface area contributed by atoms with Crippen molar-refractivity contribution in [2.45, 2.75) is 32.0 Å². The fraction of sp³-hybridized carbons (Fsp3) is 0.450. The first kappa shape index (κ1) is 21.3. The van der Waals surface area contributed by atoms with Crippen LogP contribution in [0.2, 0.25) is 0 Å². The molecular formula is C20H27ClN2O4. The Hall–Kier alpha value is -2.02. The summed E-state index contributed by atoms with van der Waals surface area (Å²) in [5, 5.41) is 0. The summed E-state index contributed by atoms with van der Waals surface area (Å²) in [4.78, 5) is 14.6. The average Bonchev–Trinajstić information content (AvgIpc) is 3.16. The van der Waals surface area contributed by atoms with E-state index in [0.29, 0.717) is 38.6 Å². The summed E-state index contributed by atoms with van der Waals surface area (Å²) in [5.41, 5.74) is 6.25. The molecule has 0 spiro atoms. The van der Waals surface area contributed by atoms with Crippen LogP contribution >= 0.6 is 12.4 Å². The van der Waals surface area contributed by atoms with Gasteiger partial charge < -0.3 is 24.5 Å². The van der Waals surface area contributed by atoms with Crippen molar-refractivity contribution < 1.29 is 18.7 Å². The number of carbonyl (C=O) groups excluding carboxylic acids is 1. The molecule has 6 nitrogen and oxygen atoms in total. The van der Waals surface area contributed by atoms with Gasteiger partial charge in [-0.1, -0.05) is 18.2 Å². The molecule has 0 saturated carbocycles. The molecule has 1 aliphatic heterocycles. The van der Waals surface area contributed by atoms with Crippen LogP contribution in [0.3, 0.4) is 0 Å². The molecule has 1 amide bonds. The number of benzene rings is 1. The standard InChI is InChI=1S/C20H26N2O4.ClH/c21-10-4-13-24-18-7-11-22(12-8-18)20(23)19-16(9-14-25-19)15-26-17-5-2-1-3-6-17;/h1-3,5-6,9,14,18H,4,7-8,10-13,15,21H2;1H. The number of piperidine rings is 1. The zero-order chi connectivity index (χ0) is 18.2. The maximum atomic E-state index is 12.8. The van der Waals surface area contributed by atoms with Crippen LogP contribution in [0.15, 0.2) is 47.1 Å². The molecule has 1 aromatic heterocycles. The predicted molar refractivity (Wildman–Crippen MR) is 105 cm³/mol. The Morgan fingerprint density at radius 3 is 2.63 bits per heavy atom. The SMILES string of the molecule is Cl.NCCCOC1CCN(C(=O)c2occc2COc2ccccc2)CC1. The Bertz CT molecular complexity index is 684. The van der Waals surface area contributed by atoms with Gasteiger partial charge in [-0.2, -0.15) is 0 Å². The summed E-state index contributed by atoms with van der Waals surface area (Å²) in [6.07, 6.45) is 4.30. The topological polar surface area (TPSA) is 77.9 Å². The fourth-order valence-corrected chi connectivity index (χ4v) is 3.02. The number of hydrogen-bond acceptors (Lipinski definition) is 5. The number of para-hydroxylation sites is 1. The average molecular weight is 395 g/mol. The van der Waals surface area contributed by atoms with E-state index in [1.54, 1.807) is 12.3 Å². The maximum absolute atomic E-state index is 12.8. The van der Waals surface area contributed by atoms with E-state index in [0.717, 1.165) is 30.6 Å². The van der Waals surface area contributed by atoms with Gasteiger partial charge in [-0.3, -0.25) is 4.79 Å². The van der Waals surface area contributed by atoms with Crippen LogP contribution < -0.4 is 10.5 Å². The first-order valence-electron chi connectivity index (χ1n) is 9.13. The van der Waals surface area contributed by atoms with Crippen LogP contribution in [0, 0.1) is 0 Å². The van der Waals surface area contributed by atoms with Crippen molar-refractivity contribution >= 4 is 18.3 Å². The van der Waals surface area contributed by atoms with E-state index in [-0.39, 0.29) is 24.4 Å². The molecule has 1 saturated heterocycles. The maximum Gasteiger partial charge on any atom is 0.289 e. The third-order valence-corrected chi connectivity index (χ3v) is 4.51. The number of nitrogens with zero attached hydrogens (tertiary/aromatic N) is 1. The van der Waals surface area contributed by atoms with Gasteiger partial charge in [0.05, 0.1) is 12.4 Å². The number of carbonyl (C=O) groups is 1. The number of rotatable bonds is 8. The van der Waals surface area contributed by atoms with Gasteiger partial charge in [-0.15, -0.1) is 12.4 Å². The highest BCUT2D eigenvalue weighted by molar-refractivity contribution is 5.93. The number of furan rings is 1. The van der Waals surface area contributed by atoms with Crippen molar-refractivity contribution in [3.8, 4) is 5.75 Å². The monoisotopic (exact) mass is 394 g/mol. The molecule has 0 radical (unpaired) electrons. The van der Waals surface area contributed by atoms with Crippen LogP contribution in [0.4, 0.5) is 0 Å². The molecule has 7 heteroatoms. The third kappa shape index (κ3) is 5.99. The summed E-state index contributed by atoms with van der Waals surface area (Å²) in [6.45, 7) is 2.98. The molecule has 0 atom stereocenters. The Balaban J connectivity index is 0.00000261. The van der Waals surface area contributed by atoms with Gasteiger partial charge in [0.2, 0.25) is 0 Å². The van der Waals surface area contributed by atoms with E-state index in [1.807, 2.05) is 35.2 Å². The lowest BCUT2D eigenvalue weighted by molar-refractivity contribution is 0.00756. The van der Waals surface area contributed by atoms with Crippen LogP contribution in [0.25, 0.3) is 0 Å². The van der Waals surface area contributed by atoms with Crippen molar-refractivity contribution in [1.82, 2.24) is 4.90 Å². The third-order valence-electron chi connectivity index (χ3n) is 4.51. The molecule has 2 heterocycles. The zero-order valence-electron chi connectivity index (χ0n) is 15.3. The molecule has 3 rings (SSSR count). The Morgan fingerprint density at radius 1 is 1.19 bits per heavy atom. The molecule has 27 heavy (non-hydrogen) atoms. The second-order valence-electron chi connectivity index (χ2n) is 6.38. The molecule has 0 unspecified atom stereocenters. The van der Waals surface area contributed by atoms with E-state index in [2.05, 4.69) is 0 Å². The normalized spacial score (nSPS) is 14.6. The lowest BCUT2D eigenvalue weighted by Crippen LogP contribution is -2.41. The molecular weight excluding hydrogens is 368 g/mol. The van der Waals surface area contributed by atoms with Gasteiger partial charge in [0.1, 0.15) is 12.4 Å². The first-order valence-corrected chi connectivity index (χ1v) is 9.13. The summed E-state index contributed by atoms with van der Waals surface area (Å²) in [5.74, 6) is 1.05. The minimum absolute atomic E-state index is 0. The zero-order valence-corrected chi connectivity index (χ0v) is 16.2. The van der Waals surface area contributed by atoms with E-state index in [4.69, 9.17) is 19.6 Å². The Labute approximate surface area is 166 Å². The van der Waals surface area contributed by atoms with E-state index < -0.39 is 0 Å². The smallest absolute Gasteiger partial charge is 0.289 e. The Kier molecular flexibility index (Phi) is 8.64. The summed E-state index contributed by atoms with van der Waals surface area (Å²) >= 11 is 0. The molecule has 2 N–H and O–H groups in total. The van der Waals surface area contributed by atoms with Crippen molar-refractivity contribution in [2.75, 3.05) is 26.2 Å². The molecule has 0 bridgehead atoms. The second kappa shape index (κ2) is 11.0. The molecule has 1 aliphatic rings. The quantitative estimate of drug-likeness (QED) is 0.695. The van der Waals surface area contributed by atoms with E-state index in [1.165, 1.54) is 0 Å². The molecule has 1 fully saturated rings. The minimum Gasteiger partial charge on any atom is -0.489 e. The first-order chi connectivity index (χ1) is 12.8. The molecule has 148 valence electrons. The van der Waals surface area contributed by atoms with Crippen LogP contribution in [0.5, 0.6) is 5.75 Å². The minimum atomic E-state index is -0.0814. The van der Waals surface area contributed by atoms with E-state index in [9.17, 15) is 4.79 Å². The fourth-order valence-electron chi connectivity index (χ4n) is 3.02. The summed E-state index contributed by atoms with van der Waals surface area (Å²) in [7, 11) is 0. The van der Waals surface area contributed by atoms with Gasteiger partial charge in [-0.25, -0.2) is 0 Å². The largest absolute Gasteiger partial charge is 0.489 e. The predicted octanol–water partition coefficient (Wildman–Crippen LogP) is 3.25. The van der Waals surface area contributed by atoms with Crippen molar-refractivity contribution in [3.05, 3.63) is 54.0 Å². The van der Waals surface area contributed by atoms with Crippen molar-refractivity contribution in [1.29, 1.82) is 0 Å². The van der Waals surface area contributed by atoms with Crippen LogP contribution in [0.1, 0.15) is 35.4 Å². The number of likely N-dealkylation sites (tertiary alicyclic amines) is 1. The highest BCUT2D eigenvalue weighted by atomic mass is 35.5. The summed E-state index contributed by atoms with van der Waals surface area (Å²) < 4.78 is 17.0. The second-order valence-corrected chi connectivity index (χ2v) is 6.38. The van der Waals surface area contributed by atoms with E-state index >= 15 is 0 Å². The van der Waals surface area contributed by atoms with Crippen LogP contribution in [-0.2, 0) is 11.3 Å². The van der Waals surface area contributed by atoms with Crippen LogP contribution in [-0.4, -0.2) is 43.2 Å². The number of ether oxygens (including phenoxy) is 2. The Morgan fingerprint density at radius 2 is 1.93 bits per heavy atom. The van der Waals surface area contributed by atoms with Gasteiger partial charge in [0.25, 0.3) is 5.91 Å². The lowest BCUT2D eigenvalue weighted by Gasteiger charge is -2.31. The van der Waals surface area contributed by atoms with Gasteiger partial charge >= 0.3 is 0 Å². The highest BCUT2D eigenvalue weighted by Crippen LogP contribution is 2.20. The lowest BCUT2D eigenvalue weighted by atomic mass is 10.1. The number of amides is 1. The van der Waals surface area contributed by atoms with Gasteiger partial charge in [0.15, 0.2) is 5.76 Å². The molecule has 2 aromatic rings. The molecule has 1 aromatic carbocycles. The number of halogens is 1. The number of hydrogen-bond donors (Lipinski definition) is 1. The highest BCUT2D eigenvalue weighted by Gasteiger charge is 2.27. The summed E-state index contributed by atoms with van der Waals surface area (Å²) in [6, 6.07) is 11.3.